The summed E-state index contributed by atoms with van der Waals surface area (Å²) >= 11 is 0. The average molecular weight is 595 g/mol. The molecule has 2 aromatic carbocycles. The van der Waals surface area contributed by atoms with Crippen LogP contribution in [-0.2, 0) is 33.2 Å². The van der Waals surface area contributed by atoms with Gasteiger partial charge < -0.3 is 42.6 Å². The highest BCUT2D eigenvalue weighted by molar-refractivity contribution is 5.62. The summed E-state index contributed by atoms with van der Waals surface area (Å²) in [6.45, 7) is 1.19. The van der Waals surface area contributed by atoms with Crippen LogP contribution in [0.25, 0.3) is 0 Å². The van der Waals surface area contributed by atoms with Gasteiger partial charge in [0.25, 0.3) is 0 Å². The van der Waals surface area contributed by atoms with E-state index >= 15 is 0 Å². The fourth-order valence-electron chi connectivity index (χ4n) is 5.00. The Kier molecular flexibility index (Phi) is 8.64. The Morgan fingerprint density at radius 2 is 1.12 bits per heavy atom. The van der Waals surface area contributed by atoms with Gasteiger partial charge in [-0.3, -0.25) is 0 Å². The number of ether oxygens (including phenoxy) is 9. The van der Waals surface area contributed by atoms with Crippen LogP contribution >= 0.6 is 0 Å². The Morgan fingerprint density at radius 1 is 0.651 bits per heavy atom. The minimum absolute atomic E-state index is 0.0992. The first-order chi connectivity index (χ1) is 21.0. The second-order valence-electron chi connectivity index (χ2n) is 10.3. The summed E-state index contributed by atoms with van der Waals surface area (Å²) in [4.78, 5) is 33.5. The first-order valence-electron chi connectivity index (χ1n) is 13.9. The zero-order valence-electron chi connectivity index (χ0n) is 23.1. The predicted octanol–water partition coefficient (Wildman–Crippen LogP) is 4.45. The van der Waals surface area contributed by atoms with Gasteiger partial charge in [0.15, 0.2) is 18.3 Å². The molecule has 3 fully saturated rings. The number of hydrogen-bond acceptors (Lipinski definition) is 12. The van der Waals surface area contributed by atoms with Gasteiger partial charge in [0, 0.05) is 5.92 Å². The summed E-state index contributed by atoms with van der Waals surface area (Å²) in [5.74, 6) is 1.19. The normalized spacial score (nSPS) is 25.0. The van der Waals surface area contributed by atoms with Gasteiger partial charge >= 0.3 is 18.5 Å². The molecule has 43 heavy (non-hydrogen) atoms. The molecule has 0 saturated carbocycles. The van der Waals surface area contributed by atoms with Crippen LogP contribution in [0.15, 0.2) is 72.3 Å². The molecule has 12 nitrogen and oxygen atoms in total. The molecular formula is C31H30O12. The highest BCUT2D eigenvalue weighted by Crippen LogP contribution is 2.36. The van der Waals surface area contributed by atoms with Crippen LogP contribution in [0.5, 0.6) is 11.5 Å². The summed E-state index contributed by atoms with van der Waals surface area (Å²) in [5.41, 5.74) is 3.16. The van der Waals surface area contributed by atoms with E-state index < -0.39 is 36.8 Å². The van der Waals surface area contributed by atoms with Crippen molar-refractivity contribution >= 4 is 18.5 Å². The Labute approximate surface area is 247 Å². The monoisotopic (exact) mass is 594 g/mol. The lowest BCUT2D eigenvalue weighted by Crippen LogP contribution is -2.23. The topological polar surface area (TPSA) is 134 Å². The Morgan fingerprint density at radius 3 is 1.51 bits per heavy atom. The van der Waals surface area contributed by atoms with Crippen molar-refractivity contribution in [2.75, 3.05) is 39.6 Å². The molecule has 0 bridgehead atoms. The number of allylic oxidation sites excluding steroid dienone is 2. The number of benzene rings is 2. The van der Waals surface area contributed by atoms with E-state index in [2.05, 4.69) is 6.08 Å². The van der Waals surface area contributed by atoms with Gasteiger partial charge in [-0.2, -0.15) is 0 Å². The van der Waals surface area contributed by atoms with Crippen LogP contribution in [0.2, 0.25) is 0 Å². The van der Waals surface area contributed by atoms with Crippen LogP contribution in [0.3, 0.4) is 0 Å². The van der Waals surface area contributed by atoms with Crippen molar-refractivity contribution in [2.45, 2.75) is 36.8 Å². The van der Waals surface area contributed by atoms with E-state index in [-0.39, 0.29) is 51.7 Å². The van der Waals surface area contributed by atoms with Crippen molar-refractivity contribution in [1.82, 2.24) is 0 Å². The lowest BCUT2D eigenvalue weighted by atomic mass is 9.82. The zero-order valence-corrected chi connectivity index (χ0v) is 23.1. The molecule has 3 saturated heterocycles. The Balaban J connectivity index is 1.13. The summed E-state index contributed by atoms with van der Waals surface area (Å²) in [6, 6.07) is 15.5. The van der Waals surface area contributed by atoms with E-state index in [0.29, 0.717) is 17.9 Å². The molecule has 3 heterocycles. The third-order valence-electron chi connectivity index (χ3n) is 7.17. The third kappa shape index (κ3) is 7.39. The second kappa shape index (κ2) is 13.1. The van der Waals surface area contributed by atoms with Gasteiger partial charge in [-0.25, -0.2) is 14.4 Å². The van der Waals surface area contributed by atoms with E-state index in [1.165, 1.54) is 0 Å². The van der Waals surface area contributed by atoms with Crippen LogP contribution in [0.1, 0.15) is 23.5 Å². The molecule has 4 unspecified atom stereocenters. The molecule has 3 aliphatic heterocycles. The van der Waals surface area contributed by atoms with Crippen LogP contribution < -0.4 is 9.47 Å². The highest BCUT2D eigenvalue weighted by Gasteiger charge is 2.28. The zero-order chi connectivity index (χ0) is 29.6. The lowest BCUT2D eigenvalue weighted by Gasteiger charge is -2.25. The standard InChI is InChI=1S/C31H30O12/c32-29-38-16-25(41-29)13-35-22-7-1-19(2-8-22)28(20-3-9-23(10-4-20)36-14-26-17-39-30(33)42-26)21-5-11-24(12-6-21)37-15-27-18-40-31(34)43-27/h1-11,24-28H,12-18H2. The van der Waals surface area contributed by atoms with Crippen LogP contribution in [0, 0.1) is 0 Å². The molecule has 0 radical (unpaired) electrons. The minimum atomic E-state index is -0.684. The summed E-state index contributed by atoms with van der Waals surface area (Å²) in [7, 11) is 0. The first-order valence-corrected chi connectivity index (χ1v) is 13.9. The Bertz CT molecular complexity index is 1290. The van der Waals surface area contributed by atoms with E-state index in [9.17, 15) is 14.4 Å². The molecule has 12 heteroatoms. The van der Waals surface area contributed by atoms with Crippen LogP contribution in [0.4, 0.5) is 14.4 Å². The van der Waals surface area contributed by atoms with Gasteiger partial charge in [-0.15, -0.1) is 0 Å². The number of rotatable bonds is 12. The number of carbonyl (C=O) groups excluding carboxylic acids is 3. The average Bonchev–Trinajstić information content (AvgIpc) is 3.77. The summed E-state index contributed by atoms with van der Waals surface area (Å²) < 4.78 is 47.1. The molecule has 0 aromatic heterocycles. The van der Waals surface area contributed by atoms with E-state index in [1.54, 1.807) is 0 Å². The van der Waals surface area contributed by atoms with E-state index in [1.807, 2.05) is 60.7 Å². The lowest BCUT2D eigenvalue weighted by molar-refractivity contribution is 0.0198. The maximum absolute atomic E-state index is 11.2. The highest BCUT2D eigenvalue weighted by atomic mass is 16.8. The van der Waals surface area contributed by atoms with Crippen molar-refractivity contribution in [3.05, 3.63) is 83.5 Å². The van der Waals surface area contributed by atoms with E-state index in [0.717, 1.165) is 16.7 Å². The van der Waals surface area contributed by atoms with Gasteiger partial charge in [0.05, 0.1) is 12.7 Å². The molecular weight excluding hydrogens is 564 g/mol. The van der Waals surface area contributed by atoms with Crippen molar-refractivity contribution < 1.29 is 57.0 Å². The fourth-order valence-corrected chi connectivity index (χ4v) is 5.00. The van der Waals surface area contributed by atoms with Crippen molar-refractivity contribution in [1.29, 1.82) is 0 Å². The summed E-state index contributed by atoms with van der Waals surface area (Å²) in [5, 5.41) is 0. The number of cyclic esters (lactones) is 6. The van der Waals surface area contributed by atoms with Gasteiger partial charge in [-0.05, 0) is 47.4 Å². The molecule has 0 amide bonds. The van der Waals surface area contributed by atoms with Gasteiger partial charge in [-0.1, -0.05) is 42.5 Å². The maximum atomic E-state index is 11.2. The molecule has 0 spiro atoms. The summed E-state index contributed by atoms with van der Waals surface area (Å²) in [6.07, 6.45) is 3.38. The molecule has 6 rings (SSSR count). The molecule has 4 aliphatic rings. The smallest absolute Gasteiger partial charge is 0.490 e. The quantitative estimate of drug-likeness (QED) is 0.254. The van der Waals surface area contributed by atoms with Crippen molar-refractivity contribution in [3.8, 4) is 11.5 Å². The second-order valence-corrected chi connectivity index (χ2v) is 10.3. The maximum Gasteiger partial charge on any atom is 0.508 e. The van der Waals surface area contributed by atoms with Crippen molar-refractivity contribution in [2.24, 2.45) is 0 Å². The number of hydrogen-bond donors (Lipinski definition) is 0. The molecule has 4 atom stereocenters. The van der Waals surface area contributed by atoms with Crippen molar-refractivity contribution in [3.63, 3.8) is 0 Å². The fraction of sp³-hybridized carbons (Fsp3) is 0.387. The van der Waals surface area contributed by atoms with E-state index in [4.69, 9.17) is 42.6 Å². The molecule has 226 valence electrons. The largest absolute Gasteiger partial charge is 0.508 e. The van der Waals surface area contributed by atoms with Gasteiger partial charge in [0.2, 0.25) is 0 Å². The first kappa shape index (κ1) is 28.4. The molecule has 2 aromatic rings. The third-order valence-corrected chi connectivity index (χ3v) is 7.17. The predicted molar refractivity (Wildman–Crippen MR) is 146 cm³/mol. The molecule has 0 N–H and O–H groups in total. The SMILES string of the molecule is O=C1OCC(COc2ccc(C(C3=CCC(OCC4COC(=O)O4)C=C3)c3ccc(OCC4COC(=O)O4)cc3)cc2)O1. The van der Waals surface area contributed by atoms with Crippen LogP contribution in [-0.4, -0.2) is 82.5 Å². The Hall–Kier alpha value is -4.71. The van der Waals surface area contributed by atoms with Gasteiger partial charge in [0.1, 0.15) is 44.5 Å². The minimum Gasteiger partial charge on any atom is -0.490 e. The molecule has 1 aliphatic carbocycles. The number of carbonyl (C=O) groups is 3.